The summed E-state index contributed by atoms with van der Waals surface area (Å²) in [6, 6.07) is 8.24. The van der Waals surface area contributed by atoms with Gasteiger partial charge in [0.1, 0.15) is 0 Å². The van der Waals surface area contributed by atoms with Crippen molar-refractivity contribution in [3.63, 3.8) is 0 Å². The van der Waals surface area contributed by atoms with Crippen molar-refractivity contribution in [2.24, 2.45) is 0 Å². The summed E-state index contributed by atoms with van der Waals surface area (Å²) in [6.45, 7) is 2.44. The van der Waals surface area contributed by atoms with Gasteiger partial charge in [0, 0.05) is 31.2 Å². The van der Waals surface area contributed by atoms with E-state index in [9.17, 15) is 4.79 Å². The number of carbonyl (C=O) groups excluding carboxylic acids is 1. The summed E-state index contributed by atoms with van der Waals surface area (Å²) in [5.74, 6) is 0. The molecule has 16 heavy (non-hydrogen) atoms. The fourth-order valence-corrected chi connectivity index (χ4v) is 2.15. The van der Waals surface area contributed by atoms with Crippen LogP contribution in [0.5, 0.6) is 0 Å². The van der Waals surface area contributed by atoms with E-state index in [1.807, 2.05) is 36.2 Å². The standard InChI is InChI=1S/C12H15BrN2O/c1-14-7-2-8-15(12(14)16)9-10-3-5-11(13)6-4-10/h3-6H,2,7-9H2,1H3. The van der Waals surface area contributed by atoms with E-state index in [1.54, 1.807) is 4.90 Å². The van der Waals surface area contributed by atoms with Gasteiger partial charge in [-0.3, -0.25) is 0 Å². The molecule has 0 bridgehead atoms. The smallest absolute Gasteiger partial charge is 0.320 e. The van der Waals surface area contributed by atoms with Crippen LogP contribution in [0.25, 0.3) is 0 Å². The number of benzene rings is 1. The van der Waals surface area contributed by atoms with Crippen LogP contribution in [0, 0.1) is 0 Å². The monoisotopic (exact) mass is 282 g/mol. The third-order valence-corrected chi connectivity index (χ3v) is 3.33. The quantitative estimate of drug-likeness (QED) is 0.818. The van der Waals surface area contributed by atoms with Gasteiger partial charge in [-0.2, -0.15) is 0 Å². The Morgan fingerprint density at radius 1 is 1.25 bits per heavy atom. The molecule has 0 aromatic heterocycles. The lowest BCUT2D eigenvalue weighted by Crippen LogP contribution is -2.46. The lowest BCUT2D eigenvalue weighted by molar-refractivity contribution is 0.138. The zero-order valence-electron chi connectivity index (χ0n) is 9.32. The van der Waals surface area contributed by atoms with Gasteiger partial charge in [0.25, 0.3) is 0 Å². The second-order valence-corrected chi connectivity index (χ2v) is 5.02. The predicted octanol–water partition coefficient (Wildman–Crippen LogP) is 2.71. The van der Waals surface area contributed by atoms with Gasteiger partial charge in [-0.05, 0) is 24.1 Å². The number of urea groups is 1. The molecule has 0 saturated carbocycles. The van der Waals surface area contributed by atoms with Gasteiger partial charge in [-0.15, -0.1) is 0 Å². The highest BCUT2D eigenvalue weighted by atomic mass is 79.9. The van der Waals surface area contributed by atoms with E-state index in [-0.39, 0.29) is 6.03 Å². The highest BCUT2D eigenvalue weighted by Crippen LogP contribution is 2.15. The fourth-order valence-electron chi connectivity index (χ4n) is 1.89. The molecule has 1 fully saturated rings. The van der Waals surface area contributed by atoms with Gasteiger partial charge in [0.2, 0.25) is 0 Å². The second-order valence-electron chi connectivity index (χ2n) is 4.11. The second kappa shape index (κ2) is 4.87. The molecule has 4 heteroatoms. The molecule has 1 aromatic rings. The molecule has 1 heterocycles. The molecule has 0 radical (unpaired) electrons. The van der Waals surface area contributed by atoms with Crippen LogP contribution >= 0.6 is 15.9 Å². The molecule has 0 aliphatic carbocycles. The van der Waals surface area contributed by atoms with E-state index in [0.717, 1.165) is 24.0 Å². The van der Waals surface area contributed by atoms with E-state index < -0.39 is 0 Å². The first kappa shape index (κ1) is 11.5. The van der Waals surface area contributed by atoms with Crippen LogP contribution < -0.4 is 0 Å². The third-order valence-electron chi connectivity index (χ3n) is 2.81. The number of hydrogen-bond donors (Lipinski definition) is 0. The normalized spacial score (nSPS) is 16.8. The number of rotatable bonds is 2. The van der Waals surface area contributed by atoms with Gasteiger partial charge in [-0.25, -0.2) is 4.79 Å². The van der Waals surface area contributed by atoms with Crippen molar-refractivity contribution in [1.29, 1.82) is 0 Å². The first-order valence-electron chi connectivity index (χ1n) is 5.41. The van der Waals surface area contributed by atoms with Gasteiger partial charge in [0.05, 0.1) is 0 Å². The van der Waals surface area contributed by atoms with Crippen LogP contribution in [-0.2, 0) is 6.54 Å². The van der Waals surface area contributed by atoms with E-state index in [2.05, 4.69) is 15.9 Å². The zero-order valence-corrected chi connectivity index (χ0v) is 10.9. The van der Waals surface area contributed by atoms with Crippen LogP contribution in [0.2, 0.25) is 0 Å². The lowest BCUT2D eigenvalue weighted by Gasteiger charge is -2.33. The number of hydrogen-bond acceptors (Lipinski definition) is 1. The topological polar surface area (TPSA) is 23.6 Å². The number of amides is 2. The maximum absolute atomic E-state index is 11.8. The summed E-state index contributed by atoms with van der Waals surface area (Å²) >= 11 is 3.40. The van der Waals surface area contributed by atoms with Gasteiger partial charge in [0.15, 0.2) is 0 Å². The molecule has 1 saturated heterocycles. The van der Waals surface area contributed by atoms with Gasteiger partial charge >= 0.3 is 6.03 Å². The highest BCUT2D eigenvalue weighted by Gasteiger charge is 2.22. The predicted molar refractivity (Wildman–Crippen MR) is 67.2 cm³/mol. The van der Waals surface area contributed by atoms with Crippen LogP contribution in [0.1, 0.15) is 12.0 Å². The van der Waals surface area contributed by atoms with Crippen LogP contribution in [0.3, 0.4) is 0 Å². The van der Waals surface area contributed by atoms with Crippen molar-refractivity contribution < 1.29 is 4.79 Å². The summed E-state index contributed by atoms with van der Waals surface area (Å²) in [6.07, 6.45) is 1.05. The SMILES string of the molecule is CN1CCCN(Cc2ccc(Br)cc2)C1=O. The fraction of sp³-hybridized carbons (Fsp3) is 0.417. The Kier molecular flexibility index (Phi) is 3.49. The van der Waals surface area contributed by atoms with Crippen molar-refractivity contribution in [3.05, 3.63) is 34.3 Å². The average molecular weight is 283 g/mol. The Labute approximate surface area is 104 Å². The highest BCUT2D eigenvalue weighted by molar-refractivity contribution is 9.10. The van der Waals surface area contributed by atoms with E-state index in [4.69, 9.17) is 0 Å². The first-order chi connectivity index (χ1) is 7.66. The number of carbonyl (C=O) groups is 1. The van der Waals surface area contributed by atoms with Crippen molar-refractivity contribution in [2.45, 2.75) is 13.0 Å². The molecule has 1 aliphatic heterocycles. The maximum atomic E-state index is 11.8. The number of halogens is 1. The molecule has 86 valence electrons. The molecule has 1 aliphatic rings. The average Bonchev–Trinajstić information content (AvgIpc) is 2.28. The van der Waals surface area contributed by atoms with Crippen molar-refractivity contribution in [3.8, 4) is 0 Å². The third kappa shape index (κ3) is 2.55. The first-order valence-corrected chi connectivity index (χ1v) is 6.20. The summed E-state index contributed by atoms with van der Waals surface area (Å²) in [4.78, 5) is 15.5. The minimum atomic E-state index is 0.133. The van der Waals surface area contributed by atoms with Crippen molar-refractivity contribution in [1.82, 2.24) is 9.80 Å². The Morgan fingerprint density at radius 2 is 1.94 bits per heavy atom. The van der Waals surface area contributed by atoms with Crippen LogP contribution in [-0.4, -0.2) is 36.0 Å². The Morgan fingerprint density at radius 3 is 2.62 bits per heavy atom. The lowest BCUT2D eigenvalue weighted by atomic mass is 10.2. The minimum Gasteiger partial charge on any atom is -0.328 e. The van der Waals surface area contributed by atoms with Gasteiger partial charge < -0.3 is 9.80 Å². The summed E-state index contributed by atoms with van der Waals surface area (Å²) < 4.78 is 1.07. The molecular formula is C12H15BrN2O. The van der Waals surface area contributed by atoms with E-state index in [0.29, 0.717) is 6.54 Å². The van der Waals surface area contributed by atoms with Crippen molar-refractivity contribution in [2.75, 3.05) is 20.1 Å². The van der Waals surface area contributed by atoms with Crippen LogP contribution in [0.4, 0.5) is 4.79 Å². The molecule has 0 atom stereocenters. The maximum Gasteiger partial charge on any atom is 0.320 e. The summed E-state index contributed by atoms with van der Waals surface area (Å²) in [7, 11) is 1.86. The van der Waals surface area contributed by atoms with Gasteiger partial charge in [-0.1, -0.05) is 28.1 Å². The molecule has 2 rings (SSSR count). The van der Waals surface area contributed by atoms with Crippen molar-refractivity contribution >= 4 is 22.0 Å². The van der Waals surface area contributed by atoms with Crippen LogP contribution in [0.15, 0.2) is 28.7 Å². The molecule has 2 amide bonds. The van der Waals surface area contributed by atoms with E-state index in [1.165, 1.54) is 5.56 Å². The Hall–Kier alpha value is -1.03. The molecular weight excluding hydrogens is 268 g/mol. The molecule has 3 nitrogen and oxygen atoms in total. The summed E-state index contributed by atoms with van der Waals surface area (Å²) in [5, 5.41) is 0. The molecule has 1 aromatic carbocycles. The molecule has 0 unspecified atom stereocenters. The number of nitrogens with zero attached hydrogens (tertiary/aromatic N) is 2. The Bertz CT molecular complexity index is 377. The summed E-state index contributed by atoms with van der Waals surface area (Å²) in [5.41, 5.74) is 1.17. The van der Waals surface area contributed by atoms with E-state index >= 15 is 0 Å². The largest absolute Gasteiger partial charge is 0.328 e. The molecule has 0 N–H and O–H groups in total. The zero-order chi connectivity index (χ0) is 11.5. The molecule has 0 spiro atoms. The Balaban J connectivity index is 2.03. The minimum absolute atomic E-state index is 0.133.